The van der Waals surface area contributed by atoms with Gasteiger partial charge in [0, 0.05) is 19.0 Å². The van der Waals surface area contributed by atoms with Crippen LogP contribution in [0.2, 0.25) is 0 Å². The lowest BCUT2D eigenvalue weighted by molar-refractivity contribution is -0.149. The highest BCUT2D eigenvalue weighted by Crippen LogP contribution is 2.38. The van der Waals surface area contributed by atoms with Crippen molar-refractivity contribution in [3.05, 3.63) is 0 Å². The maximum absolute atomic E-state index is 12.2. The van der Waals surface area contributed by atoms with Gasteiger partial charge in [0.2, 0.25) is 5.91 Å². The Balaban J connectivity index is 1.48. The minimum Gasteiger partial charge on any atom is -0.465 e. The number of carbonyl (C=O) groups excluding carboxylic acids is 2. The van der Waals surface area contributed by atoms with Gasteiger partial charge >= 0.3 is 5.97 Å². The summed E-state index contributed by atoms with van der Waals surface area (Å²) in [6.07, 6.45) is 6.10. The van der Waals surface area contributed by atoms with Crippen LogP contribution in [0.1, 0.15) is 52.4 Å². The molecule has 0 radical (unpaired) electrons. The second kappa shape index (κ2) is 5.98. The van der Waals surface area contributed by atoms with E-state index in [0.717, 1.165) is 18.8 Å². The highest BCUT2D eigenvalue weighted by molar-refractivity contribution is 5.87. The summed E-state index contributed by atoms with van der Waals surface area (Å²) >= 11 is 0. The Morgan fingerprint density at radius 3 is 2.52 bits per heavy atom. The minimum atomic E-state index is -0.231. The van der Waals surface area contributed by atoms with Gasteiger partial charge in [-0.15, -0.1) is 0 Å². The fourth-order valence-electron chi connectivity index (χ4n) is 3.73. The molecule has 118 valence electrons. The van der Waals surface area contributed by atoms with Crippen molar-refractivity contribution in [1.82, 2.24) is 4.90 Å². The zero-order valence-corrected chi connectivity index (χ0v) is 13.2. The molecule has 0 bridgehead atoms. The summed E-state index contributed by atoms with van der Waals surface area (Å²) in [5.41, 5.74) is 0. The van der Waals surface area contributed by atoms with E-state index in [9.17, 15) is 9.59 Å². The minimum absolute atomic E-state index is 0.149. The van der Waals surface area contributed by atoms with Crippen molar-refractivity contribution in [3.63, 3.8) is 0 Å². The lowest BCUT2D eigenvalue weighted by Gasteiger charge is -2.33. The van der Waals surface area contributed by atoms with E-state index in [0.29, 0.717) is 37.5 Å². The molecule has 3 atom stereocenters. The van der Waals surface area contributed by atoms with Crippen LogP contribution in [-0.4, -0.2) is 36.0 Å². The molecule has 0 aromatic rings. The molecule has 3 unspecified atom stereocenters. The molecule has 4 heteroatoms. The van der Waals surface area contributed by atoms with Gasteiger partial charge in [0.05, 0.1) is 12.5 Å². The first-order chi connectivity index (χ1) is 10.0. The average molecular weight is 293 g/mol. The highest BCUT2D eigenvalue weighted by atomic mass is 16.5. The molecule has 2 saturated carbocycles. The first-order valence-corrected chi connectivity index (χ1v) is 8.50. The molecular weight excluding hydrogens is 266 g/mol. The molecule has 0 aromatic carbocycles. The smallest absolute Gasteiger partial charge is 0.311 e. The zero-order chi connectivity index (χ0) is 15.0. The van der Waals surface area contributed by atoms with Crippen molar-refractivity contribution in [1.29, 1.82) is 0 Å². The first kappa shape index (κ1) is 14.9. The second-order valence-corrected chi connectivity index (χ2v) is 7.46. The third-order valence-corrected chi connectivity index (χ3v) is 5.63. The third-order valence-electron chi connectivity index (χ3n) is 5.63. The van der Waals surface area contributed by atoms with E-state index >= 15 is 0 Å². The van der Waals surface area contributed by atoms with Gasteiger partial charge in [-0.25, -0.2) is 0 Å². The number of nitrogens with zero attached hydrogens (tertiary/aromatic N) is 1. The van der Waals surface area contributed by atoms with Gasteiger partial charge in [-0.05, 0) is 49.9 Å². The third kappa shape index (κ3) is 3.41. The summed E-state index contributed by atoms with van der Waals surface area (Å²) in [6.45, 7) is 5.59. The van der Waals surface area contributed by atoms with Gasteiger partial charge < -0.3 is 9.64 Å². The van der Waals surface area contributed by atoms with E-state index in [2.05, 4.69) is 13.8 Å². The van der Waals surface area contributed by atoms with Gasteiger partial charge in [0.25, 0.3) is 0 Å². The van der Waals surface area contributed by atoms with Crippen LogP contribution in [0.3, 0.4) is 0 Å². The second-order valence-electron chi connectivity index (χ2n) is 7.46. The Kier molecular flexibility index (Phi) is 4.23. The lowest BCUT2D eigenvalue weighted by atomic mass is 9.87. The Morgan fingerprint density at radius 1 is 1.24 bits per heavy atom. The molecule has 0 aromatic heterocycles. The highest BCUT2D eigenvalue weighted by Gasteiger charge is 2.40. The molecule has 1 saturated heterocycles. The molecule has 1 amide bonds. The number of ether oxygens (including phenoxy) is 1. The maximum Gasteiger partial charge on any atom is 0.311 e. The van der Waals surface area contributed by atoms with Crippen molar-refractivity contribution in [2.24, 2.45) is 23.7 Å². The quantitative estimate of drug-likeness (QED) is 0.749. The molecule has 0 spiro atoms. The van der Waals surface area contributed by atoms with E-state index in [-0.39, 0.29) is 17.8 Å². The summed E-state index contributed by atoms with van der Waals surface area (Å²) in [5, 5.41) is 0. The molecular formula is C17H27NO3. The fraction of sp³-hybridized carbons (Fsp3) is 0.882. The Labute approximate surface area is 127 Å². The topological polar surface area (TPSA) is 46.6 Å². The van der Waals surface area contributed by atoms with Gasteiger partial charge in [0.1, 0.15) is 0 Å². The van der Waals surface area contributed by atoms with E-state index in [1.807, 2.05) is 4.90 Å². The van der Waals surface area contributed by atoms with Crippen LogP contribution in [-0.2, 0) is 14.3 Å². The molecule has 1 heterocycles. The normalized spacial score (nSPS) is 39.4. The van der Waals surface area contributed by atoms with Crippen LogP contribution in [0, 0.1) is 23.7 Å². The Morgan fingerprint density at radius 2 is 1.90 bits per heavy atom. The number of rotatable bonds is 4. The number of amides is 1. The number of hydrogen-bond acceptors (Lipinski definition) is 3. The zero-order valence-electron chi connectivity index (χ0n) is 13.2. The SMILES string of the molecule is CC1CCC(N2CC(C(=O)OCC3CC3C)CC2=O)CC1. The monoisotopic (exact) mass is 293 g/mol. The van der Waals surface area contributed by atoms with Crippen LogP contribution < -0.4 is 0 Å². The number of carbonyl (C=O) groups is 2. The van der Waals surface area contributed by atoms with Crippen molar-refractivity contribution in [2.45, 2.75) is 58.4 Å². The van der Waals surface area contributed by atoms with Crippen LogP contribution >= 0.6 is 0 Å². The van der Waals surface area contributed by atoms with E-state index in [1.54, 1.807) is 0 Å². The molecule has 3 fully saturated rings. The first-order valence-electron chi connectivity index (χ1n) is 8.50. The van der Waals surface area contributed by atoms with Crippen LogP contribution in [0.5, 0.6) is 0 Å². The molecule has 4 nitrogen and oxygen atoms in total. The van der Waals surface area contributed by atoms with Crippen LogP contribution in [0.25, 0.3) is 0 Å². The van der Waals surface area contributed by atoms with E-state index in [4.69, 9.17) is 4.74 Å². The van der Waals surface area contributed by atoms with Gasteiger partial charge in [-0.1, -0.05) is 13.8 Å². The maximum atomic E-state index is 12.2. The predicted molar refractivity (Wildman–Crippen MR) is 79.5 cm³/mol. The summed E-state index contributed by atoms with van der Waals surface area (Å²) in [6, 6.07) is 0.356. The van der Waals surface area contributed by atoms with Gasteiger partial charge in [-0.3, -0.25) is 9.59 Å². The molecule has 3 aliphatic rings. The largest absolute Gasteiger partial charge is 0.465 e. The molecule has 1 aliphatic heterocycles. The summed E-state index contributed by atoms with van der Waals surface area (Å²) in [4.78, 5) is 26.3. The van der Waals surface area contributed by atoms with E-state index < -0.39 is 0 Å². The van der Waals surface area contributed by atoms with Gasteiger partial charge in [-0.2, -0.15) is 0 Å². The van der Waals surface area contributed by atoms with E-state index in [1.165, 1.54) is 19.3 Å². The Bertz CT molecular complexity index is 414. The number of esters is 1. The molecule has 2 aliphatic carbocycles. The average Bonchev–Trinajstić information content (AvgIpc) is 3.03. The molecule has 3 rings (SSSR count). The van der Waals surface area contributed by atoms with Crippen LogP contribution in [0.4, 0.5) is 0 Å². The lowest BCUT2D eigenvalue weighted by Crippen LogP contribution is -2.39. The standard InChI is InChI=1S/C17H27NO3/c1-11-3-5-15(6-4-11)18-9-13(8-16(18)19)17(20)21-10-14-7-12(14)2/h11-15H,3-10H2,1-2H3. The summed E-state index contributed by atoms with van der Waals surface area (Å²) in [5.74, 6) is 1.79. The summed E-state index contributed by atoms with van der Waals surface area (Å²) < 4.78 is 5.40. The van der Waals surface area contributed by atoms with Crippen molar-refractivity contribution in [3.8, 4) is 0 Å². The number of hydrogen-bond donors (Lipinski definition) is 0. The predicted octanol–water partition coefficient (Wildman–Crippen LogP) is 2.61. The summed E-state index contributed by atoms with van der Waals surface area (Å²) in [7, 11) is 0. The molecule has 0 N–H and O–H groups in total. The Hall–Kier alpha value is -1.06. The van der Waals surface area contributed by atoms with Gasteiger partial charge in [0.15, 0.2) is 0 Å². The van der Waals surface area contributed by atoms with Crippen molar-refractivity contribution >= 4 is 11.9 Å². The van der Waals surface area contributed by atoms with Crippen LogP contribution in [0.15, 0.2) is 0 Å². The van der Waals surface area contributed by atoms with Crippen molar-refractivity contribution in [2.75, 3.05) is 13.2 Å². The fourth-order valence-corrected chi connectivity index (χ4v) is 3.73. The number of likely N-dealkylation sites (tertiary alicyclic amines) is 1. The van der Waals surface area contributed by atoms with Crippen molar-refractivity contribution < 1.29 is 14.3 Å². The molecule has 21 heavy (non-hydrogen) atoms.